The third kappa shape index (κ3) is 1.97. The van der Waals surface area contributed by atoms with Crippen LogP contribution in [0.25, 0.3) is 0 Å². The lowest BCUT2D eigenvalue weighted by molar-refractivity contribution is -0.117. The van der Waals surface area contributed by atoms with Crippen LogP contribution in [0.5, 0.6) is 0 Å². The maximum atomic E-state index is 11.9. The Labute approximate surface area is 112 Å². The molecule has 0 N–H and O–H groups in total. The van der Waals surface area contributed by atoms with Crippen LogP contribution in [-0.4, -0.2) is 5.78 Å². The van der Waals surface area contributed by atoms with E-state index < -0.39 is 0 Å². The van der Waals surface area contributed by atoms with E-state index in [0.29, 0.717) is 18.1 Å². The van der Waals surface area contributed by atoms with Crippen molar-refractivity contribution in [2.24, 2.45) is 11.3 Å². The Kier molecular flexibility index (Phi) is 3.44. The minimum Gasteiger partial charge on any atom is -0.295 e. The molecule has 1 spiro atoms. The number of carbonyl (C=O) groups excluding carboxylic acids is 1. The number of allylic oxidation sites excluding steroid dienone is 5. The fraction of sp³-hybridized carbons (Fsp3) is 0.533. The topological polar surface area (TPSA) is 17.1 Å². The van der Waals surface area contributed by atoms with Gasteiger partial charge < -0.3 is 0 Å². The Balaban J connectivity index is 2.47. The minimum atomic E-state index is 0.123. The van der Waals surface area contributed by atoms with Crippen LogP contribution in [0.2, 0.25) is 0 Å². The molecule has 2 atom stereocenters. The van der Waals surface area contributed by atoms with Crippen LogP contribution in [0, 0.1) is 11.3 Å². The largest absolute Gasteiger partial charge is 0.295 e. The van der Waals surface area contributed by atoms with E-state index in [0.717, 1.165) is 18.4 Å². The molecule has 1 nitrogen and oxygen atoms in total. The van der Waals surface area contributed by atoms with Gasteiger partial charge in [-0.2, -0.15) is 0 Å². The van der Waals surface area contributed by atoms with Crippen molar-refractivity contribution in [2.45, 2.75) is 40.0 Å². The number of ketones is 1. The zero-order valence-electron chi connectivity index (χ0n) is 10.7. The van der Waals surface area contributed by atoms with Crippen molar-refractivity contribution in [3.05, 3.63) is 33.9 Å². The first-order valence-corrected chi connectivity index (χ1v) is 7.12. The van der Waals surface area contributed by atoms with E-state index in [-0.39, 0.29) is 5.41 Å². The van der Waals surface area contributed by atoms with E-state index in [9.17, 15) is 4.79 Å². The summed E-state index contributed by atoms with van der Waals surface area (Å²) in [6, 6.07) is 0. The summed E-state index contributed by atoms with van der Waals surface area (Å²) in [5, 5.41) is 0. The van der Waals surface area contributed by atoms with Crippen molar-refractivity contribution in [1.82, 2.24) is 0 Å². The molecule has 92 valence electrons. The van der Waals surface area contributed by atoms with Crippen LogP contribution in [0.15, 0.2) is 33.9 Å². The summed E-state index contributed by atoms with van der Waals surface area (Å²) in [6.45, 7) is 6.33. The minimum absolute atomic E-state index is 0.123. The second kappa shape index (κ2) is 4.56. The highest BCUT2D eigenvalue weighted by atomic mass is 79.9. The van der Waals surface area contributed by atoms with Gasteiger partial charge in [0.25, 0.3) is 0 Å². The van der Waals surface area contributed by atoms with Crippen molar-refractivity contribution in [2.75, 3.05) is 0 Å². The zero-order chi connectivity index (χ0) is 12.6. The lowest BCUT2D eigenvalue weighted by Gasteiger charge is -2.44. The van der Waals surface area contributed by atoms with Gasteiger partial charge in [0.1, 0.15) is 0 Å². The molecule has 0 amide bonds. The number of hydrogen-bond acceptors (Lipinski definition) is 1. The van der Waals surface area contributed by atoms with Crippen LogP contribution >= 0.6 is 15.9 Å². The molecule has 0 fully saturated rings. The molecule has 17 heavy (non-hydrogen) atoms. The predicted octanol–water partition coefficient (Wildman–Crippen LogP) is 4.55. The molecular weight excluding hydrogens is 276 g/mol. The van der Waals surface area contributed by atoms with Crippen molar-refractivity contribution < 1.29 is 4.79 Å². The van der Waals surface area contributed by atoms with Gasteiger partial charge in [-0.25, -0.2) is 0 Å². The molecule has 2 heteroatoms. The summed E-state index contributed by atoms with van der Waals surface area (Å²) in [5.41, 5.74) is 3.73. The molecule has 0 unspecified atom stereocenters. The van der Waals surface area contributed by atoms with Crippen molar-refractivity contribution in [3.63, 3.8) is 0 Å². The summed E-state index contributed by atoms with van der Waals surface area (Å²) >= 11 is 3.40. The van der Waals surface area contributed by atoms with E-state index in [2.05, 4.69) is 41.9 Å². The Morgan fingerprint density at radius 1 is 1.47 bits per heavy atom. The Hall–Kier alpha value is -0.630. The molecule has 0 saturated heterocycles. The summed E-state index contributed by atoms with van der Waals surface area (Å²) in [4.78, 5) is 13.9. The molecule has 0 aromatic rings. The molecule has 2 aliphatic rings. The van der Waals surface area contributed by atoms with E-state index in [4.69, 9.17) is 0 Å². The van der Waals surface area contributed by atoms with Crippen molar-refractivity contribution in [3.8, 4) is 0 Å². The van der Waals surface area contributed by atoms with E-state index in [1.54, 1.807) is 0 Å². The summed E-state index contributed by atoms with van der Waals surface area (Å²) in [7, 11) is 0. The number of Topliss-reactive ketones (excluding diaryl/α,β-unsaturated/α-hetero) is 1. The SMILES string of the molecule is CC1=C(C)[C@]2(C=C/C(=C\Br)CC2)[C@@H](C)CC1=O. The lowest BCUT2D eigenvalue weighted by atomic mass is 9.60. The monoisotopic (exact) mass is 294 g/mol. The quantitative estimate of drug-likeness (QED) is 0.641. The smallest absolute Gasteiger partial charge is 0.158 e. The second-order valence-corrected chi connectivity index (χ2v) is 5.79. The van der Waals surface area contributed by atoms with Crippen molar-refractivity contribution >= 4 is 21.7 Å². The summed E-state index contributed by atoms with van der Waals surface area (Å²) < 4.78 is 0. The molecule has 0 aromatic heterocycles. The van der Waals surface area contributed by atoms with Gasteiger partial charge in [-0.05, 0) is 48.7 Å². The van der Waals surface area contributed by atoms with E-state index in [1.165, 1.54) is 11.1 Å². The highest BCUT2D eigenvalue weighted by Gasteiger charge is 2.42. The highest BCUT2D eigenvalue weighted by Crippen LogP contribution is 2.50. The van der Waals surface area contributed by atoms with Crippen LogP contribution < -0.4 is 0 Å². The average molecular weight is 295 g/mol. The zero-order valence-corrected chi connectivity index (χ0v) is 12.3. The Morgan fingerprint density at radius 3 is 2.71 bits per heavy atom. The number of hydrogen-bond donors (Lipinski definition) is 0. The van der Waals surface area contributed by atoms with Crippen LogP contribution in [0.3, 0.4) is 0 Å². The maximum Gasteiger partial charge on any atom is 0.158 e. The molecule has 0 aliphatic heterocycles. The number of rotatable bonds is 0. The molecule has 0 radical (unpaired) electrons. The van der Waals surface area contributed by atoms with Gasteiger partial charge in [0.05, 0.1) is 0 Å². The van der Waals surface area contributed by atoms with Gasteiger partial charge in [-0.15, -0.1) is 0 Å². The lowest BCUT2D eigenvalue weighted by Crippen LogP contribution is -2.36. The van der Waals surface area contributed by atoms with Crippen LogP contribution in [-0.2, 0) is 4.79 Å². The predicted molar refractivity (Wildman–Crippen MR) is 75.0 cm³/mol. The van der Waals surface area contributed by atoms with Crippen LogP contribution in [0.4, 0.5) is 0 Å². The van der Waals surface area contributed by atoms with Gasteiger partial charge in [0.15, 0.2) is 5.78 Å². The number of halogens is 1. The normalized spacial score (nSPS) is 36.1. The van der Waals surface area contributed by atoms with Crippen LogP contribution in [0.1, 0.15) is 40.0 Å². The van der Waals surface area contributed by atoms with Gasteiger partial charge in [-0.1, -0.05) is 40.6 Å². The van der Waals surface area contributed by atoms with Gasteiger partial charge >= 0.3 is 0 Å². The van der Waals surface area contributed by atoms with E-state index >= 15 is 0 Å². The first-order chi connectivity index (χ1) is 8.01. The summed E-state index contributed by atoms with van der Waals surface area (Å²) in [5.74, 6) is 0.752. The van der Waals surface area contributed by atoms with Gasteiger partial charge in [0.2, 0.25) is 0 Å². The Morgan fingerprint density at radius 2 is 2.18 bits per heavy atom. The van der Waals surface area contributed by atoms with Gasteiger partial charge in [-0.3, -0.25) is 4.79 Å². The second-order valence-electron chi connectivity index (χ2n) is 5.34. The molecule has 0 saturated carbocycles. The first-order valence-electron chi connectivity index (χ1n) is 6.21. The fourth-order valence-corrected chi connectivity index (χ4v) is 3.51. The third-order valence-corrected chi connectivity index (χ3v) is 5.20. The molecule has 0 aromatic carbocycles. The Bertz CT molecular complexity index is 442. The van der Waals surface area contributed by atoms with Crippen molar-refractivity contribution in [1.29, 1.82) is 0 Å². The average Bonchev–Trinajstić information content (AvgIpc) is 2.35. The molecule has 0 heterocycles. The standard InChI is InChI=1S/C15H19BrO/c1-10-8-14(17)11(2)12(3)15(10)6-4-13(9-16)5-7-15/h4,6,9-10H,5,7-8H2,1-3H3/b13-9+/t10-,15-/m0/s1. The maximum absolute atomic E-state index is 11.9. The molecular formula is C15H19BrO. The van der Waals surface area contributed by atoms with E-state index in [1.807, 2.05) is 11.9 Å². The number of carbonyl (C=O) groups is 1. The molecule has 2 aliphatic carbocycles. The fourth-order valence-electron chi connectivity index (χ4n) is 3.13. The summed E-state index contributed by atoms with van der Waals surface area (Å²) in [6.07, 6.45) is 7.44. The van der Waals surface area contributed by atoms with Gasteiger partial charge in [0, 0.05) is 11.8 Å². The highest BCUT2D eigenvalue weighted by molar-refractivity contribution is 9.11. The molecule has 2 rings (SSSR count). The first kappa shape index (κ1) is 12.8. The molecule has 0 bridgehead atoms. The third-order valence-electron chi connectivity index (χ3n) is 4.61.